The van der Waals surface area contributed by atoms with Crippen LogP contribution in [0.1, 0.15) is 19.8 Å². The molecule has 1 aromatic rings. The lowest BCUT2D eigenvalue weighted by molar-refractivity contribution is 0.388. The Balaban J connectivity index is 1.94. The number of rotatable bonds is 5. The van der Waals surface area contributed by atoms with Gasteiger partial charge in [-0.25, -0.2) is 13.4 Å². The number of unbranched alkanes of at least 4 members (excludes halogenated alkanes) is 1. The summed E-state index contributed by atoms with van der Waals surface area (Å²) in [5.41, 5.74) is 0. The van der Waals surface area contributed by atoms with E-state index < -0.39 is 10.0 Å². The molecule has 1 saturated heterocycles. The summed E-state index contributed by atoms with van der Waals surface area (Å²) < 4.78 is 25.8. The minimum absolute atomic E-state index is 0.509. The topological polar surface area (TPSA) is 53.5 Å². The number of sulfonamides is 1. The van der Waals surface area contributed by atoms with Crippen molar-refractivity contribution in [1.29, 1.82) is 0 Å². The Morgan fingerprint density at radius 2 is 2.00 bits per heavy atom. The lowest BCUT2D eigenvalue weighted by Crippen LogP contribution is -2.48. The van der Waals surface area contributed by atoms with Crippen LogP contribution in [-0.4, -0.2) is 43.9 Å². The highest BCUT2D eigenvalue weighted by molar-refractivity contribution is 7.92. The first-order chi connectivity index (χ1) is 9.63. The molecule has 0 radical (unpaired) electrons. The van der Waals surface area contributed by atoms with E-state index in [0.717, 1.165) is 18.7 Å². The first-order valence-corrected chi connectivity index (χ1v) is 8.46. The maximum atomic E-state index is 12.1. The first-order valence-electron chi connectivity index (χ1n) is 6.96. The van der Waals surface area contributed by atoms with Crippen LogP contribution in [0.4, 0.5) is 5.82 Å². The molecule has 0 saturated carbocycles. The molecule has 20 heavy (non-hydrogen) atoms. The quantitative estimate of drug-likeness (QED) is 0.832. The zero-order chi connectivity index (χ0) is 14.4. The predicted molar refractivity (Wildman–Crippen MR) is 81.0 cm³/mol. The highest BCUT2D eigenvalue weighted by atomic mass is 32.2. The Bertz CT molecular complexity index is 535. The molecule has 5 nitrogen and oxygen atoms in total. The van der Waals surface area contributed by atoms with Crippen molar-refractivity contribution >= 4 is 15.8 Å². The summed E-state index contributed by atoms with van der Waals surface area (Å²) in [7, 11) is -3.26. The number of aromatic nitrogens is 1. The van der Waals surface area contributed by atoms with Crippen molar-refractivity contribution in [3.8, 4) is 0 Å². The molecular weight excluding hydrogens is 274 g/mol. The monoisotopic (exact) mass is 295 g/mol. The average Bonchev–Trinajstić information content (AvgIpc) is 2.48. The molecule has 0 spiro atoms. The standard InChI is InChI=1S/C14H21N3O2S/c1-2-3-6-13-20(18,19)17-11-9-16(10-12-17)14-7-4-5-8-15-14/h4-8,13H,2-3,9-12H2,1H3/b13-6+. The van der Waals surface area contributed by atoms with E-state index in [-0.39, 0.29) is 0 Å². The molecule has 1 aromatic heterocycles. The van der Waals surface area contributed by atoms with E-state index in [1.165, 1.54) is 5.41 Å². The molecular formula is C14H21N3O2S. The van der Waals surface area contributed by atoms with E-state index in [2.05, 4.69) is 9.88 Å². The lowest BCUT2D eigenvalue weighted by Gasteiger charge is -2.34. The Kier molecular flexibility index (Phi) is 5.14. The molecule has 1 aliphatic heterocycles. The van der Waals surface area contributed by atoms with Crippen LogP contribution < -0.4 is 4.90 Å². The fourth-order valence-electron chi connectivity index (χ4n) is 2.15. The maximum absolute atomic E-state index is 12.1. The number of pyridine rings is 1. The van der Waals surface area contributed by atoms with Crippen LogP contribution in [0.25, 0.3) is 0 Å². The van der Waals surface area contributed by atoms with Crippen molar-refractivity contribution in [1.82, 2.24) is 9.29 Å². The number of allylic oxidation sites excluding steroid dienone is 1. The van der Waals surface area contributed by atoms with Gasteiger partial charge in [-0.05, 0) is 18.6 Å². The van der Waals surface area contributed by atoms with Gasteiger partial charge in [0.05, 0.1) is 0 Å². The Hall–Kier alpha value is -1.40. The van der Waals surface area contributed by atoms with Crippen molar-refractivity contribution in [2.45, 2.75) is 19.8 Å². The Labute approximate surface area is 121 Å². The van der Waals surface area contributed by atoms with Crippen LogP contribution in [0.3, 0.4) is 0 Å². The zero-order valence-electron chi connectivity index (χ0n) is 11.8. The van der Waals surface area contributed by atoms with Crippen LogP contribution >= 0.6 is 0 Å². The number of nitrogens with zero attached hydrogens (tertiary/aromatic N) is 3. The molecule has 0 unspecified atom stereocenters. The van der Waals surface area contributed by atoms with Gasteiger partial charge in [0.1, 0.15) is 5.82 Å². The van der Waals surface area contributed by atoms with Gasteiger partial charge >= 0.3 is 0 Å². The largest absolute Gasteiger partial charge is 0.354 e. The third-order valence-electron chi connectivity index (χ3n) is 3.30. The van der Waals surface area contributed by atoms with E-state index in [1.807, 2.05) is 25.1 Å². The summed E-state index contributed by atoms with van der Waals surface area (Å²) in [5, 5.41) is 1.34. The van der Waals surface area contributed by atoms with Gasteiger partial charge in [-0.3, -0.25) is 0 Å². The van der Waals surface area contributed by atoms with Crippen LogP contribution in [-0.2, 0) is 10.0 Å². The molecule has 1 fully saturated rings. The molecule has 6 heteroatoms. The van der Waals surface area contributed by atoms with Crippen LogP contribution in [0, 0.1) is 0 Å². The number of piperazine rings is 1. The average molecular weight is 295 g/mol. The van der Waals surface area contributed by atoms with Gasteiger partial charge in [0.25, 0.3) is 0 Å². The SMILES string of the molecule is CCC/C=C/S(=O)(=O)N1CCN(c2ccccn2)CC1. The van der Waals surface area contributed by atoms with Crippen LogP contribution in [0.5, 0.6) is 0 Å². The number of hydrogen-bond donors (Lipinski definition) is 0. The second kappa shape index (κ2) is 6.85. The fraction of sp³-hybridized carbons (Fsp3) is 0.500. The number of hydrogen-bond acceptors (Lipinski definition) is 4. The van der Waals surface area contributed by atoms with Crippen molar-refractivity contribution in [3.63, 3.8) is 0 Å². The molecule has 0 amide bonds. The van der Waals surface area contributed by atoms with Gasteiger partial charge < -0.3 is 4.90 Å². The molecule has 2 heterocycles. The maximum Gasteiger partial charge on any atom is 0.236 e. The van der Waals surface area contributed by atoms with Crippen molar-refractivity contribution in [2.75, 3.05) is 31.1 Å². The molecule has 0 atom stereocenters. The first kappa shape index (κ1) is 15.0. The van der Waals surface area contributed by atoms with Crippen LogP contribution in [0.2, 0.25) is 0 Å². The van der Waals surface area contributed by atoms with Crippen molar-refractivity contribution in [2.24, 2.45) is 0 Å². The van der Waals surface area contributed by atoms with Gasteiger partial charge in [0.15, 0.2) is 0 Å². The smallest absolute Gasteiger partial charge is 0.236 e. The van der Waals surface area contributed by atoms with Gasteiger partial charge in [-0.2, -0.15) is 4.31 Å². The van der Waals surface area contributed by atoms with E-state index in [1.54, 1.807) is 16.6 Å². The third kappa shape index (κ3) is 3.80. The highest BCUT2D eigenvalue weighted by Gasteiger charge is 2.25. The van der Waals surface area contributed by atoms with Crippen LogP contribution in [0.15, 0.2) is 35.9 Å². The van der Waals surface area contributed by atoms with E-state index in [0.29, 0.717) is 26.2 Å². The Morgan fingerprint density at radius 3 is 2.60 bits per heavy atom. The van der Waals surface area contributed by atoms with Crippen molar-refractivity contribution in [3.05, 3.63) is 35.9 Å². The predicted octanol–water partition coefficient (Wildman–Crippen LogP) is 1.85. The molecule has 1 aliphatic rings. The van der Waals surface area contributed by atoms with Crippen molar-refractivity contribution < 1.29 is 8.42 Å². The summed E-state index contributed by atoms with van der Waals surface area (Å²) in [4.78, 5) is 6.41. The fourth-order valence-corrected chi connectivity index (χ4v) is 3.38. The minimum atomic E-state index is -3.26. The normalized spacial score (nSPS) is 17.8. The van der Waals surface area contributed by atoms with E-state index in [4.69, 9.17) is 0 Å². The van der Waals surface area contributed by atoms with Gasteiger partial charge in [0.2, 0.25) is 10.0 Å². The van der Waals surface area contributed by atoms with Gasteiger partial charge in [-0.15, -0.1) is 0 Å². The summed E-state index contributed by atoms with van der Waals surface area (Å²) in [6, 6.07) is 5.77. The highest BCUT2D eigenvalue weighted by Crippen LogP contribution is 2.15. The summed E-state index contributed by atoms with van der Waals surface area (Å²) in [5.74, 6) is 0.908. The molecule has 2 rings (SSSR count). The molecule has 0 N–H and O–H groups in total. The summed E-state index contributed by atoms with van der Waals surface area (Å²) >= 11 is 0. The summed E-state index contributed by atoms with van der Waals surface area (Å²) in [6.07, 6.45) is 5.25. The Morgan fingerprint density at radius 1 is 1.25 bits per heavy atom. The molecule has 0 bridgehead atoms. The zero-order valence-corrected chi connectivity index (χ0v) is 12.6. The lowest BCUT2D eigenvalue weighted by atomic mass is 10.3. The van der Waals surface area contributed by atoms with Gasteiger partial charge in [0, 0.05) is 37.8 Å². The third-order valence-corrected chi connectivity index (χ3v) is 4.92. The molecule has 0 aromatic carbocycles. The van der Waals surface area contributed by atoms with E-state index >= 15 is 0 Å². The molecule has 110 valence electrons. The minimum Gasteiger partial charge on any atom is -0.354 e. The second-order valence-electron chi connectivity index (χ2n) is 4.78. The molecule has 0 aliphatic carbocycles. The summed E-state index contributed by atoms with van der Waals surface area (Å²) in [6.45, 7) is 4.41. The van der Waals surface area contributed by atoms with E-state index in [9.17, 15) is 8.42 Å². The van der Waals surface area contributed by atoms with Gasteiger partial charge in [-0.1, -0.05) is 25.5 Å². The number of anilines is 1. The second-order valence-corrected chi connectivity index (χ2v) is 6.60.